The highest BCUT2D eigenvalue weighted by atomic mass is 16.1. The van der Waals surface area contributed by atoms with Crippen molar-refractivity contribution in [3.63, 3.8) is 0 Å². The van der Waals surface area contributed by atoms with Gasteiger partial charge in [-0.05, 0) is 13.1 Å². The molecule has 0 aromatic heterocycles. The van der Waals surface area contributed by atoms with E-state index in [-0.39, 0.29) is 0 Å². The fraction of sp³-hybridized carbons (Fsp3) is 0.900. The molecule has 0 atom stereocenters. The second-order valence-electron chi connectivity index (χ2n) is 3.70. The van der Waals surface area contributed by atoms with Gasteiger partial charge in [0.15, 0.2) is 0 Å². The van der Waals surface area contributed by atoms with Crippen molar-refractivity contribution in [1.29, 1.82) is 0 Å². The van der Waals surface area contributed by atoms with Crippen molar-refractivity contribution in [2.75, 3.05) is 39.3 Å². The highest BCUT2D eigenvalue weighted by Crippen LogP contribution is 2.11. The first kappa shape index (κ1) is 11.5. The Hall–Kier alpha value is -0.610. The molecule has 1 aliphatic rings. The lowest BCUT2D eigenvalue weighted by molar-refractivity contribution is -0.124. The standard InChI is InChI=1S/C10H21N3O/c1-3-11-5-6-13(4-2)10-7-12(8-10)9-14/h9-11H,3-8H2,1-2H3. The maximum atomic E-state index is 10.4. The van der Waals surface area contributed by atoms with E-state index in [1.54, 1.807) is 0 Å². The van der Waals surface area contributed by atoms with Crippen LogP contribution in [0.25, 0.3) is 0 Å². The van der Waals surface area contributed by atoms with Gasteiger partial charge >= 0.3 is 0 Å². The van der Waals surface area contributed by atoms with E-state index < -0.39 is 0 Å². The summed E-state index contributed by atoms with van der Waals surface area (Å²) in [5.41, 5.74) is 0. The molecule has 0 aromatic rings. The first-order valence-corrected chi connectivity index (χ1v) is 5.45. The Labute approximate surface area is 86.2 Å². The van der Waals surface area contributed by atoms with Gasteiger partial charge in [0, 0.05) is 32.2 Å². The van der Waals surface area contributed by atoms with Crippen molar-refractivity contribution >= 4 is 6.41 Å². The summed E-state index contributed by atoms with van der Waals surface area (Å²) < 4.78 is 0. The summed E-state index contributed by atoms with van der Waals surface area (Å²) in [5, 5.41) is 3.32. The number of rotatable bonds is 7. The Kier molecular flexibility index (Phi) is 4.90. The van der Waals surface area contributed by atoms with Gasteiger partial charge in [-0.25, -0.2) is 0 Å². The van der Waals surface area contributed by atoms with Crippen LogP contribution in [0.15, 0.2) is 0 Å². The Bertz CT molecular complexity index is 169. The van der Waals surface area contributed by atoms with E-state index in [0.717, 1.165) is 45.7 Å². The fourth-order valence-electron chi connectivity index (χ4n) is 1.80. The Morgan fingerprint density at radius 1 is 1.50 bits per heavy atom. The molecule has 0 bridgehead atoms. The number of nitrogens with one attached hydrogen (secondary N) is 1. The molecule has 0 unspecified atom stereocenters. The number of likely N-dealkylation sites (N-methyl/N-ethyl adjacent to an activating group) is 2. The number of hydrogen-bond donors (Lipinski definition) is 1. The molecule has 1 aliphatic heterocycles. The Balaban J connectivity index is 2.16. The third-order valence-electron chi connectivity index (χ3n) is 2.79. The molecule has 4 heteroatoms. The van der Waals surface area contributed by atoms with E-state index >= 15 is 0 Å². The minimum absolute atomic E-state index is 0.587. The van der Waals surface area contributed by atoms with Crippen molar-refractivity contribution < 1.29 is 4.79 Å². The normalized spacial score (nSPS) is 17.2. The first-order chi connectivity index (χ1) is 6.81. The van der Waals surface area contributed by atoms with E-state index in [4.69, 9.17) is 0 Å². The number of nitrogens with zero attached hydrogens (tertiary/aromatic N) is 2. The van der Waals surface area contributed by atoms with Gasteiger partial charge in [0.2, 0.25) is 6.41 Å². The summed E-state index contributed by atoms with van der Waals surface area (Å²) in [4.78, 5) is 14.7. The van der Waals surface area contributed by atoms with E-state index in [9.17, 15) is 4.79 Å². The van der Waals surface area contributed by atoms with E-state index in [2.05, 4.69) is 24.1 Å². The molecule has 1 heterocycles. The van der Waals surface area contributed by atoms with Crippen molar-refractivity contribution in [3.8, 4) is 0 Å². The zero-order valence-corrected chi connectivity index (χ0v) is 9.20. The summed E-state index contributed by atoms with van der Waals surface area (Å²) in [5.74, 6) is 0. The van der Waals surface area contributed by atoms with Gasteiger partial charge in [-0.15, -0.1) is 0 Å². The smallest absolute Gasteiger partial charge is 0.209 e. The first-order valence-electron chi connectivity index (χ1n) is 5.45. The van der Waals surface area contributed by atoms with Crippen molar-refractivity contribution in [3.05, 3.63) is 0 Å². The van der Waals surface area contributed by atoms with Crippen LogP contribution < -0.4 is 5.32 Å². The quantitative estimate of drug-likeness (QED) is 0.454. The second kappa shape index (κ2) is 5.98. The van der Waals surface area contributed by atoms with E-state index in [1.807, 2.05) is 4.90 Å². The van der Waals surface area contributed by atoms with Crippen LogP contribution in [-0.4, -0.2) is 61.5 Å². The summed E-state index contributed by atoms with van der Waals surface area (Å²) in [6.07, 6.45) is 0.939. The summed E-state index contributed by atoms with van der Waals surface area (Å²) in [7, 11) is 0. The molecule has 0 aromatic carbocycles. The van der Waals surface area contributed by atoms with Crippen LogP contribution in [0.2, 0.25) is 0 Å². The average molecular weight is 199 g/mol. The summed E-state index contributed by atoms with van der Waals surface area (Å²) in [6, 6.07) is 0.587. The van der Waals surface area contributed by atoms with Crippen LogP contribution in [0.5, 0.6) is 0 Å². The molecule has 0 saturated carbocycles. The van der Waals surface area contributed by atoms with Gasteiger partial charge in [-0.1, -0.05) is 13.8 Å². The SMILES string of the molecule is CCNCCN(CC)C1CN(C=O)C1. The number of carbonyl (C=O) groups excluding carboxylic acids is 1. The zero-order chi connectivity index (χ0) is 10.4. The molecular weight excluding hydrogens is 178 g/mol. The highest BCUT2D eigenvalue weighted by Gasteiger charge is 2.29. The van der Waals surface area contributed by atoms with Crippen molar-refractivity contribution in [2.45, 2.75) is 19.9 Å². The van der Waals surface area contributed by atoms with Crippen LogP contribution >= 0.6 is 0 Å². The monoisotopic (exact) mass is 199 g/mol. The summed E-state index contributed by atoms with van der Waals surface area (Å²) >= 11 is 0. The summed E-state index contributed by atoms with van der Waals surface area (Å²) in [6.45, 7) is 10.3. The third kappa shape index (κ3) is 2.96. The predicted octanol–water partition coefficient (Wildman–Crippen LogP) is -0.242. The minimum atomic E-state index is 0.587. The van der Waals surface area contributed by atoms with Crippen LogP contribution in [-0.2, 0) is 4.79 Å². The molecule has 1 rings (SSSR count). The minimum Gasteiger partial charge on any atom is -0.342 e. The number of likely N-dealkylation sites (tertiary alicyclic amines) is 1. The average Bonchev–Trinajstić information content (AvgIpc) is 2.14. The molecule has 1 N–H and O–H groups in total. The third-order valence-corrected chi connectivity index (χ3v) is 2.79. The molecule has 4 nitrogen and oxygen atoms in total. The molecule has 0 spiro atoms. The van der Waals surface area contributed by atoms with Crippen molar-refractivity contribution in [2.24, 2.45) is 0 Å². The molecular formula is C10H21N3O. The van der Waals surface area contributed by atoms with Gasteiger partial charge in [-0.2, -0.15) is 0 Å². The lowest BCUT2D eigenvalue weighted by atomic mass is 10.1. The largest absolute Gasteiger partial charge is 0.342 e. The fourth-order valence-corrected chi connectivity index (χ4v) is 1.80. The number of amides is 1. The molecule has 1 amide bonds. The van der Waals surface area contributed by atoms with Gasteiger partial charge in [0.05, 0.1) is 0 Å². The van der Waals surface area contributed by atoms with Gasteiger partial charge in [0.1, 0.15) is 0 Å². The number of hydrogen-bond acceptors (Lipinski definition) is 3. The zero-order valence-electron chi connectivity index (χ0n) is 9.20. The van der Waals surface area contributed by atoms with Gasteiger partial charge < -0.3 is 10.2 Å². The molecule has 0 radical (unpaired) electrons. The topological polar surface area (TPSA) is 35.6 Å². The van der Waals surface area contributed by atoms with E-state index in [0.29, 0.717) is 6.04 Å². The van der Waals surface area contributed by atoms with Crippen molar-refractivity contribution in [1.82, 2.24) is 15.1 Å². The second-order valence-corrected chi connectivity index (χ2v) is 3.70. The molecule has 82 valence electrons. The molecule has 1 saturated heterocycles. The molecule has 1 fully saturated rings. The maximum Gasteiger partial charge on any atom is 0.209 e. The number of carbonyl (C=O) groups is 1. The molecule has 14 heavy (non-hydrogen) atoms. The van der Waals surface area contributed by atoms with Gasteiger partial charge in [0.25, 0.3) is 0 Å². The van der Waals surface area contributed by atoms with Crippen LogP contribution in [0.4, 0.5) is 0 Å². The van der Waals surface area contributed by atoms with Crippen LogP contribution in [0.1, 0.15) is 13.8 Å². The predicted molar refractivity (Wildman–Crippen MR) is 57.2 cm³/mol. The Morgan fingerprint density at radius 2 is 2.21 bits per heavy atom. The lowest BCUT2D eigenvalue weighted by Crippen LogP contribution is -2.59. The Morgan fingerprint density at radius 3 is 2.71 bits per heavy atom. The van der Waals surface area contributed by atoms with Gasteiger partial charge in [-0.3, -0.25) is 9.69 Å². The lowest BCUT2D eigenvalue weighted by Gasteiger charge is -2.43. The van der Waals surface area contributed by atoms with Crippen LogP contribution in [0, 0.1) is 0 Å². The highest BCUT2D eigenvalue weighted by molar-refractivity contribution is 5.49. The van der Waals surface area contributed by atoms with Crippen LogP contribution in [0.3, 0.4) is 0 Å². The molecule has 0 aliphatic carbocycles. The maximum absolute atomic E-state index is 10.4. The van der Waals surface area contributed by atoms with E-state index in [1.165, 1.54) is 0 Å².